The van der Waals surface area contributed by atoms with Gasteiger partial charge in [0.05, 0.1) is 12.3 Å². The Morgan fingerprint density at radius 3 is 2.94 bits per heavy atom. The summed E-state index contributed by atoms with van der Waals surface area (Å²) in [5.41, 5.74) is 7.51. The second kappa shape index (κ2) is 5.59. The largest absolute Gasteiger partial charge is 0.492 e. The summed E-state index contributed by atoms with van der Waals surface area (Å²) in [7, 11) is 0. The first-order valence-corrected chi connectivity index (χ1v) is 6.46. The number of hydrogen-bond donors (Lipinski definition) is 2. The molecule has 17 heavy (non-hydrogen) atoms. The molecular weight excluding hydrogens is 232 g/mol. The Morgan fingerprint density at radius 1 is 1.35 bits per heavy atom. The van der Waals surface area contributed by atoms with Gasteiger partial charge in [-0.2, -0.15) is 0 Å². The maximum Gasteiger partial charge on any atom is 0.144 e. The molecule has 0 spiro atoms. The lowest BCUT2D eigenvalue weighted by molar-refractivity contribution is 0.342. The van der Waals surface area contributed by atoms with Gasteiger partial charge in [0.25, 0.3) is 0 Å². The lowest BCUT2D eigenvalue weighted by Gasteiger charge is -2.10. The maximum atomic E-state index is 5.82. The van der Waals surface area contributed by atoms with Crippen molar-refractivity contribution in [3.05, 3.63) is 40.6 Å². The van der Waals surface area contributed by atoms with Crippen molar-refractivity contribution in [1.82, 2.24) is 0 Å². The first kappa shape index (κ1) is 11.8. The van der Waals surface area contributed by atoms with Crippen molar-refractivity contribution in [2.75, 3.05) is 17.7 Å². The van der Waals surface area contributed by atoms with Crippen LogP contribution in [0.1, 0.15) is 11.8 Å². The van der Waals surface area contributed by atoms with E-state index in [9.17, 15) is 0 Å². The van der Waals surface area contributed by atoms with Gasteiger partial charge in [0.1, 0.15) is 5.75 Å². The average Bonchev–Trinajstić information content (AvgIpc) is 2.83. The monoisotopic (exact) mass is 248 g/mol. The molecule has 1 aromatic heterocycles. The molecule has 0 aliphatic rings. The van der Waals surface area contributed by atoms with Crippen molar-refractivity contribution in [3.8, 4) is 5.75 Å². The Kier molecular flexibility index (Phi) is 3.88. The molecule has 0 atom stereocenters. The van der Waals surface area contributed by atoms with Crippen LogP contribution in [0.5, 0.6) is 5.75 Å². The average molecular weight is 248 g/mol. The minimum absolute atomic E-state index is 0.624. The summed E-state index contributed by atoms with van der Waals surface area (Å²) < 4.78 is 5.45. The summed E-state index contributed by atoms with van der Waals surface area (Å²) >= 11 is 1.74. The molecule has 0 saturated heterocycles. The fourth-order valence-corrected chi connectivity index (χ4v) is 2.17. The quantitative estimate of drug-likeness (QED) is 0.798. The van der Waals surface area contributed by atoms with Gasteiger partial charge in [-0.25, -0.2) is 0 Å². The Hall–Kier alpha value is -1.68. The minimum Gasteiger partial charge on any atom is -0.492 e. The second-order valence-electron chi connectivity index (χ2n) is 3.62. The predicted octanol–water partition coefficient (Wildman–Crippen LogP) is 3.34. The molecule has 0 aliphatic carbocycles. The number of nitrogens with one attached hydrogen (secondary N) is 1. The smallest absolute Gasteiger partial charge is 0.144 e. The number of ether oxygens (including phenoxy) is 1. The first-order valence-electron chi connectivity index (χ1n) is 5.58. The standard InChI is InChI=1S/C13H16N2OS/c1-2-16-13-8-10(5-6-12(13)14)15-9-11-4-3-7-17-11/h3-8,15H,2,9,14H2,1H3. The lowest BCUT2D eigenvalue weighted by Crippen LogP contribution is -2.00. The van der Waals surface area contributed by atoms with Crippen molar-refractivity contribution in [2.24, 2.45) is 0 Å². The van der Waals surface area contributed by atoms with Crippen LogP contribution in [0.2, 0.25) is 0 Å². The molecular formula is C13H16N2OS. The summed E-state index contributed by atoms with van der Waals surface area (Å²) in [6, 6.07) is 9.92. The van der Waals surface area contributed by atoms with Crippen molar-refractivity contribution in [3.63, 3.8) is 0 Å². The molecule has 0 bridgehead atoms. The molecule has 1 aromatic carbocycles. The number of benzene rings is 1. The molecule has 0 saturated carbocycles. The summed E-state index contributed by atoms with van der Waals surface area (Å²) in [6.07, 6.45) is 0. The van der Waals surface area contributed by atoms with E-state index in [2.05, 4.69) is 22.8 Å². The van der Waals surface area contributed by atoms with E-state index in [4.69, 9.17) is 10.5 Å². The molecule has 2 aromatic rings. The molecule has 0 unspecified atom stereocenters. The highest BCUT2D eigenvalue weighted by atomic mass is 32.1. The highest BCUT2D eigenvalue weighted by Crippen LogP contribution is 2.26. The van der Waals surface area contributed by atoms with Crippen LogP contribution < -0.4 is 15.8 Å². The van der Waals surface area contributed by atoms with E-state index in [0.29, 0.717) is 12.3 Å². The fourth-order valence-electron chi connectivity index (χ4n) is 1.53. The maximum absolute atomic E-state index is 5.82. The predicted molar refractivity (Wildman–Crippen MR) is 73.7 cm³/mol. The third kappa shape index (κ3) is 3.14. The summed E-state index contributed by atoms with van der Waals surface area (Å²) in [5.74, 6) is 0.740. The highest BCUT2D eigenvalue weighted by molar-refractivity contribution is 7.09. The third-order valence-corrected chi connectivity index (χ3v) is 3.24. The number of nitrogen functional groups attached to an aromatic ring is 1. The van der Waals surface area contributed by atoms with E-state index in [1.54, 1.807) is 11.3 Å². The normalized spacial score (nSPS) is 10.2. The molecule has 3 N–H and O–H groups in total. The van der Waals surface area contributed by atoms with Gasteiger partial charge < -0.3 is 15.8 Å². The van der Waals surface area contributed by atoms with Crippen LogP contribution in [0.3, 0.4) is 0 Å². The van der Waals surface area contributed by atoms with Crippen LogP contribution in [0.25, 0.3) is 0 Å². The highest BCUT2D eigenvalue weighted by Gasteiger charge is 2.01. The lowest BCUT2D eigenvalue weighted by atomic mass is 10.2. The zero-order chi connectivity index (χ0) is 12.1. The Bertz CT molecular complexity index is 468. The number of anilines is 2. The van der Waals surface area contributed by atoms with Crippen LogP contribution in [-0.4, -0.2) is 6.61 Å². The summed E-state index contributed by atoms with van der Waals surface area (Å²) in [4.78, 5) is 1.31. The zero-order valence-electron chi connectivity index (χ0n) is 9.77. The van der Waals surface area contributed by atoms with Crippen LogP contribution >= 0.6 is 11.3 Å². The molecule has 2 rings (SSSR count). The van der Waals surface area contributed by atoms with Gasteiger partial charge in [-0.15, -0.1) is 11.3 Å². The topological polar surface area (TPSA) is 47.3 Å². The molecule has 0 radical (unpaired) electrons. The van der Waals surface area contributed by atoms with E-state index >= 15 is 0 Å². The summed E-state index contributed by atoms with van der Waals surface area (Å²) in [5, 5.41) is 5.42. The first-order chi connectivity index (χ1) is 8.29. The van der Waals surface area contributed by atoms with Crippen LogP contribution in [-0.2, 0) is 6.54 Å². The van der Waals surface area contributed by atoms with Gasteiger partial charge in [0.2, 0.25) is 0 Å². The van der Waals surface area contributed by atoms with Crippen LogP contribution in [0, 0.1) is 0 Å². The molecule has 1 heterocycles. The van der Waals surface area contributed by atoms with Gasteiger partial charge >= 0.3 is 0 Å². The van der Waals surface area contributed by atoms with Crippen LogP contribution in [0.4, 0.5) is 11.4 Å². The zero-order valence-corrected chi connectivity index (χ0v) is 10.6. The van der Waals surface area contributed by atoms with Gasteiger partial charge in [-0.3, -0.25) is 0 Å². The van der Waals surface area contributed by atoms with Gasteiger partial charge in [0.15, 0.2) is 0 Å². The van der Waals surface area contributed by atoms with E-state index in [-0.39, 0.29) is 0 Å². The Labute approximate surface area is 105 Å². The van der Waals surface area contributed by atoms with E-state index in [1.165, 1.54) is 4.88 Å². The van der Waals surface area contributed by atoms with Gasteiger partial charge in [-0.1, -0.05) is 6.07 Å². The Morgan fingerprint density at radius 2 is 2.24 bits per heavy atom. The van der Waals surface area contributed by atoms with Crippen molar-refractivity contribution < 1.29 is 4.74 Å². The molecule has 90 valence electrons. The number of hydrogen-bond acceptors (Lipinski definition) is 4. The second-order valence-corrected chi connectivity index (χ2v) is 4.65. The van der Waals surface area contributed by atoms with Gasteiger partial charge in [-0.05, 0) is 30.5 Å². The molecule has 3 nitrogen and oxygen atoms in total. The number of rotatable bonds is 5. The van der Waals surface area contributed by atoms with Crippen LogP contribution in [0.15, 0.2) is 35.7 Å². The molecule has 0 amide bonds. The number of nitrogens with two attached hydrogens (primary N) is 1. The van der Waals surface area contributed by atoms with E-state index in [1.807, 2.05) is 25.1 Å². The fraction of sp³-hybridized carbons (Fsp3) is 0.231. The molecule has 4 heteroatoms. The molecule has 0 aliphatic heterocycles. The SMILES string of the molecule is CCOc1cc(NCc2cccs2)ccc1N. The number of thiophene rings is 1. The van der Waals surface area contributed by atoms with Crippen molar-refractivity contribution >= 4 is 22.7 Å². The third-order valence-electron chi connectivity index (χ3n) is 2.36. The molecule has 0 fully saturated rings. The van der Waals surface area contributed by atoms with Crippen molar-refractivity contribution in [1.29, 1.82) is 0 Å². The van der Waals surface area contributed by atoms with E-state index in [0.717, 1.165) is 18.0 Å². The summed E-state index contributed by atoms with van der Waals surface area (Å²) in [6.45, 7) is 3.40. The van der Waals surface area contributed by atoms with Gasteiger partial charge in [0, 0.05) is 23.2 Å². The Balaban J connectivity index is 2.03. The van der Waals surface area contributed by atoms with E-state index < -0.39 is 0 Å². The minimum atomic E-state index is 0.624. The van der Waals surface area contributed by atoms with Crippen molar-refractivity contribution in [2.45, 2.75) is 13.5 Å².